The number of amides is 1. The van der Waals surface area contributed by atoms with Crippen LogP contribution in [0.3, 0.4) is 0 Å². The lowest BCUT2D eigenvalue weighted by Crippen LogP contribution is -2.13. The van der Waals surface area contributed by atoms with Gasteiger partial charge in [-0.25, -0.2) is 4.98 Å². The molecule has 3 rings (SSSR count). The van der Waals surface area contributed by atoms with Gasteiger partial charge in [0.1, 0.15) is 5.69 Å². The molecule has 1 amide bonds. The predicted molar refractivity (Wildman–Crippen MR) is 98.1 cm³/mol. The maximum atomic E-state index is 12.2. The van der Waals surface area contributed by atoms with E-state index in [1.807, 2.05) is 49.4 Å². The highest BCUT2D eigenvalue weighted by Gasteiger charge is 2.08. The molecular formula is C19H16ClN3O. The number of aryl methyl sites for hydroxylation is 1. The van der Waals surface area contributed by atoms with E-state index >= 15 is 0 Å². The molecule has 2 N–H and O–H groups in total. The topological polar surface area (TPSA) is 54.0 Å². The number of carbonyl (C=O) groups excluding carboxylic acids is 1. The quantitative estimate of drug-likeness (QED) is 0.701. The Hall–Kier alpha value is -2.85. The Morgan fingerprint density at radius 3 is 2.38 bits per heavy atom. The Labute approximate surface area is 145 Å². The fourth-order valence-corrected chi connectivity index (χ4v) is 2.35. The molecule has 0 spiro atoms. The van der Waals surface area contributed by atoms with Gasteiger partial charge in [0.25, 0.3) is 5.91 Å². The van der Waals surface area contributed by atoms with E-state index < -0.39 is 0 Å². The van der Waals surface area contributed by atoms with Crippen LogP contribution < -0.4 is 10.6 Å². The van der Waals surface area contributed by atoms with Crippen molar-refractivity contribution in [2.45, 2.75) is 6.92 Å². The summed E-state index contributed by atoms with van der Waals surface area (Å²) in [4.78, 5) is 16.4. The molecule has 2 aromatic carbocycles. The number of nitrogens with zero attached hydrogens (tertiary/aromatic N) is 1. The van der Waals surface area contributed by atoms with E-state index in [2.05, 4.69) is 15.6 Å². The number of hydrogen-bond acceptors (Lipinski definition) is 3. The number of carbonyl (C=O) groups is 1. The summed E-state index contributed by atoms with van der Waals surface area (Å²) in [6.07, 6.45) is 1.62. The molecule has 0 saturated heterocycles. The van der Waals surface area contributed by atoms with Crippen molar-refractivity contribution < 1.29 is 4.79 Å². The minimum absolute atomic E-state index is 0.237. The van der Waals surface area contributed by atoms with Crippen LogP contribution in [0.25, 0.3) is 0 Å². The zero-order valence-electron chi connectivity index (χ0n) is 13.1. The second-order valence-corrected chi connectivity index (χ2v) is 5.82. The number of rotatable bonds is 4. The fourth-order valence-electron chi connectivity index (χ4n) is 2.22. The van der Waals surface area contributed by atoms with Gasteiger partial charge in [-0.15, -0.1) is 0 Å². The number of anilines is 3. The van der Waals surface area contributed by atoms with Crippen LogP contribution in [0.4, 0.5) is 17.1 Å². The van der Waals surface area contributed by atoms with E-state index in [-0.39, 0.29) is 5.91 Å². The third-order valence-corrected chi connectivity index (χ3v) is 3.66. The Balaban J connectivity index is 1.67. The lowest BCUT2D eigenvalue weighted by Gasteiger charge is -2.08. The van der Waals surface area contributed by atoms with Crippen molar-refractivity contribution in [3.8, 4) is 0 Å². The SMILES string of the molecule is Cc1cccc(NC(=O)c2ccc(Nc3ccc(Cl)cc3)cn2)c1. The lowest BCUT2D eigenvalue weighted by molar-refractivity contribution is 0.102. The first kappa shape index (κ1) is 16.0. The van der Waals surface area contributed by atoms with Crippen molar-refractivity contribution in [3.05, 3.63) is 83.1 Å². The number of halogens is 1. The molecule has 24 heavy (non-hydrogen) atoms. The van der Waals surface area contributed by atoms with E-state index in [0.717, 1.165) is 22.6 Å². The first-order valence-corrected chi connectivity index (χ1v) is 7.84. The van der Waals surface area contributed by atoms with Gasteiger partial charge in [-0.1, -0.05) is 23.7 Å². The highest BCUT2D eigenvalue weighted by Crippen LogP contribution is 2.19. The summed E-state index contributed by atoms with van der Waals surface area (Å²) in [5.41, 5.74) is 3.90. The van der Waals surface area contributed by atoms with Crippen LogP contribution in [-0.4, -0.2) is 10.9 Å². The zero-order chi connectivity index (χ0) is 16.9. The Kier molecular flexibility index (Phi) is 4.77. The molecule has 0 fully saturated rings. The van der Waals surface area contributed by atoms with Gasteiger partial charge < -0.3 is 10.6 Å². The minimum atomic E-state index is -0.237. The largest absolute Gasteiger partial charge is 0.354 e. The van der Waals surface area contributed by atoms with Crippen molar-refractivity contribution >= 4 is 34.6 Å². The zero-order valence-corrected chi connectivity index (χ0v) is 13.8. The van der Waals surface area contributed by atoms with Crippen molar-refractivity contribution in [1.29, 1.82) is 0 Å². The Morgan fingerprint density at radius 2 is 1.71 bits per heavy atom. The molecule has 0 aliphatic heterocycles. The second kappa shape index (κ2) is 7.15. The Bertz CT molecular complexity index is 845. The van der Waals surface area contributed by atoms with Crippen molar-refractivity contribution in [2.24, 2.45) is 0 Å². The molecule has 120 valence electrons. The summed E-state index contributed by atoms with van der Waals surface area (Å²) in [5, 5.41) is 6.72. The lowest BCUT2D eigenvalue weighted by atomic mass is 10.2. The highest BCUT2D eigenvalue weighted by molar-refractivity contribution is 6.30. The predicted octanol–water partition coefficient (Wildman–Crippen LogP) is 5.04. The van der Waals surface area contributed by atoms with Crippen LogP contribution in [0, 0.1) is 6.92 Å². The number of pyridine rings is 1. The monoisotopic (exact) mass is 337 g/mol. The van der Waals surface area contributed by atoms with E-state index in [1.165, 1.54) is 0 Å². The maximum absolute atomic E-state index is 12.2. The normalized spacial score (nSPS) is 10.2. The number of aromatic nitrogens is 1. The fraction of sp³-hybridized carbons (Fsp3) is 0.0526. The van der Waals surface area contributed by atoms with E-state index in [1.54, 1.807) is 24.4 Å². The van der Waals surface area contributed by atoms with Crippen molar-refractivity contribution in [2.75, 3.05) is 10.6 Å². The smallest absolute Gasteiger partial charge is 0.274 e. The third kappa shape index (κ3) is 4.12. The molecule has 3 aromatic rings. The van der Waals surface area contributed by atoms with Crippen molar-refractivity contribution in [1.82, 2.24) is 4.98 Å². The first-order valence-electron chi connectivity index (χ1n) is 7.47. The van der Waals surface area contributed by atoms with Gasteiger partial charge in [0.15, 0.2) is 0 Å². The van der Waals surface area contributed by atoms with Crippen LogP contribution in [0.1, 0.15) is 16.1 Å². The molecule has 1 aromatic heterocycles. The molecule has 0 aliphatic carbocycles. The molecule has 0 unspecified atom stereocenters. The molecule has 0 radical (unpaired) electrons. The first-order chi connectivity index (χ1) is 11.6. The summed E-state index contributed by atoms with van der Waals surface area (Å²) < 4.78 is 0. The van der Waals surface area contributed by atoms with Gasteiger partial charge in [-0.3, -0.25) is 4.79 Å². The summed E-state index contributed by atoms with van der Waals surface area (Å²) in [6.45, 7) is 1.98. The van der Waals surface area contributed by atoms with Gasteiger partial charge in [0.2, 0.25) is 0 Å². The van der Waals surface area contributed by atoms with Crippen LogP contribution >= 0.6 is 11.6 Å². The highest BCUT2D eigenvalue weighted by atomic mass is 35.5. The molecule has 5 heteroatoms. The summed E-state index contributed by atoms with van der Waals surface area (Å²) in [6, 6.07) is 18.5. The molecule has 0 atom stereocenters. The number of hydrogen-bond donors (Lipinski definition) is 2. The van der Waals surface area contributed by atoms with E-state index in [9.17, 15) is 4.79 Å². The molecular weight excluding hydrogens is 322 g/mol. The number of benzene rings is 2. The van der Waals surface area contributed by atoms with E-state index in [4.69, 9.17) is 11.6 Å². The Morgan fingerprint density at radius 1 is 0.958 bits per heavy atom. The average molecular weight is 338 g/mol. The van der Waals surface area contributed by atoms with E-state index in [0.29, 0.717) is 10.7 Å². The average Bonchev–Trinajstić information content (AvgIpc) is 2.57. The van der Waals surface area contributed by atoms with Gasteiger partial charge in [-0.05, 0) is 61.0 Å². The molecule has 1 heterocycles. The van der Waals surface area contributed by atoms with Gasteiger partial charge in [0, 0.05) is 16.4 Å². The summed E-state index contributed by atoms with van der Waals surface area (Å²) >= 11 is 5.86. The molecule has 4 nitrogen and oxygen atoms in total. The van der Waals surface area contributed by atoms with Crippen LogP contribution in [0.2, 0.25) is 5.02 Å². The molecule has 0 saturated carbocycles. The maximum Gasteiger partial charge on any atom is 0.274 e. The van der Waals surface area contributed by atoms with Crippen LogP contribution in [0.5, 0.6) is 0 Å². The standard InChI is InChI=1S/C19H16ClN3O/c1-13-3-2-4-16(11-13)23-19(24)18-10-9-17(12-21-18)22-15-7-5-14(20)6-8-15/h2-12,22H,1H3,(H,23,24). The summed E-state index contributed by atoms with van der Waals surface area (Å²) in [5.74, 6) is -0.237. The van der Waals surface area contributed by atoms with Gasteiger partial charge in [0.05, 0.1) is 11.9 Å². The van der Waals surface area contributed by atoms with Gasteiger partial charge >= 0.3 is 0 Å². The number of nitrogens with one attached hydrogen (secondary N) is 2. The third-order valence-electron chi connectivity index (χ3n) is 3.40. The van der Waals surface area contributed by atoms with Crippen LogP contribution in [0.15, 0.2) is 66.9 Å². The van der Waals surface area contributed by atoms with Crippen molar-refractivity contribution in [3.63, 3.8) is 0 Å². The minimum Gasteiger partial charge on any atom is -0.354 e. The summed E-state index contributed by atoms with van der Waals surface area (Å²) in [7, 11) is 0. The second-order valence-electron chi connectivity index (χ2n) is 5.39. The molecule has 0 bridgehead atoms. The van der Waals surface area contributed by atoms with Crippen LogP contribution in [-0.2, 0) is 0 Å². The van der Waals surface area contributed by atoms with Gasteiger partial charge in [-0.2, -0.15) is 0 Å². The molecule has 0 aliphatic rings.